The largest absolute Gasteiger partial charge is 0.364 e. The van der Waals surface area contributed by atoms with Crippen molar-refractivity contribution in [3.05, 3.63) is 54.1 Å². The monoisotopic (exact) mass is 237 g/mol. The average molecular weight is 237 g/mol. The van der Waals surface area contributed by atoms with Crippen LogP contribution in [0.4, 0.5) is 14.5 Å². The smallest absolute Gasteiger partial charge is 0.160 e. The molecule has 0 fully saturated rings. The van der Waals surface area contributed by atoms with E-state index in [0.29, 0.717) is 18.8 Å². The second-order valence-corrected chi connectivity index (χ2v) is 3.64. The maximum absolute atomic E-state index is 13.1. The van der Waals surface area contributed by atoms with Crippen LogP contribution >= 0.6 is 0 Å². The lowest BCUT2D eigenvalue weighted by molar-refractivity contribution is 0.508. The SMILES string of the molecule is C/C=C/CN(C/C=C/C)c1ccc(F)c(F)c1. The van der Waals surface area contributed by atoms with E-state index in [0.717, 1.165) is 6.07 Å². The van der Waals surface area contributed by atoms with E-state index in [2.05, 4.69) is 0 Å². The number of hydrogen-bond donors (Lipinski definition) is 0. The standard InChI is InChI=1S/C14H17F2N/c1-3-5-9-17(10-6-4-2)12-7-8-13(15)14(16)11-12/h3-8,11H,9-10H2,1-2H3/b5-3+,6-4+. The van der Waals surface area contributed by atoms with E-state index in [-0.39, 0.29) is 0 Å². The first-order chi connectivity index (χ1) is 8.19. The van der Waals surface area contributed by atoms with Gasteiger partial charge in [0.25, 0.3) is 0 Å². The Morgan fingerprint density at radius 1 is 1.00 bits per heavy atom. The van der Waals surface area contributed by atoms with Crippen molar-refractivity contribution in [1.29, 1.82) is 0 Å². The van der Waals surface area contributed by atoms with Crippen LogP contribution in [0.1, 0.15) is 13.8 Å². The zero-order valence-corrected chi connectivity index (χ0v) is 10.2. The van der Waals surface area contributed by atoms with Crippen LogP contribution in [0.15, 0.2) is 42.5 Å². The Morgan fingerprint density at radius 3 is 2.06 bits per heavy atom. The molecule has 0 aromatic heterocycles. The predicted octanol–water partition coefficient (Wildman–Crippen LogP) is 3.92. The Kier molecular flexibility index (Phi) is 5.40. The summed E-state index contributed by atoms with van der Waals surface area (Å²) >= 11 is 0. The molecule has 3 heteroatoms. The molecular weight excluding hydrogens is 220 g/mol. The van der Waals surface area contributed by atoms with Gasteiger partial charge < -0.3 is 4.90 Å². The van der Waals surface area contributed by atoms with Gasteiger partial charge in [-0.2, -0.15) is 0 Å². The van der Waals surface area contributed by atoms with Crippen LogP contribution in [0.25, 0.3) is 0 Å². The summed E-state index contributed by atoms with van der Waals surface area (Å²) < 4.78 is 26.0. The van der Waals surface area contributed by atoms with Crippen molar-refractivity contribution in [2.24, 2.45) is 0 Å². The molecule has 0 N–H and O–H groups in total. The Bertz CT molecular complexity index is 397. The lowest BCUT2D eigenvalue weighted by Crippen LogP contribution is -2.23. The van der Waals surface area contributed by atoms with Crippen molar-refractivity contribution in [3.8, 4) is 0 Å². The Hall–Kier alpha value is -1.64. The van der Waals surface area contributed by atoms with Gasteiger partial charge in [0.15, 0.2) is 11.6 Å². The van der Waals surface area contributed by atoms with E-state index in [1.807, 2.05) is 43.1 Å². The summed E-state index contributed by atoms with van der Waals surface area (Å²) in [7, 11) is 0. The second kappa shape index (κ2) is 6.84. The molecule has 0 saturated heterocycles. The van der Waals surface area contributed by atoms with Crippen LogP contribution in [0.2, 0.25) is 0 Å². The highest BCUT2D eigenvalue weighted by molar-refractivity contribution is 5.48. The Labute approximate surface area is 101 Å². The lowest BCUT2D eigenvalue weighted by atomic mass is 10.2. The van der Waals surface area contributed by atoms with Gasteiger partial charge in [-0.1, -0.05) is 24.3 Å². The highest BCUT2D eigenvalue weighted by Gasteiger charge is 2.07. The van der Waals surface area contributed by atoms with E-state index in [1.54, 1.807) is 6.07 Å². The molecule has 0 heterocycles. The maximum atomic E-state index is 13.1. The van der Waals surface area contributed by atoms with E-state index >= 15 is 0 Å². The van der Waals surface area contributed by atoms with E-state index in [4.69, 9.17) is 0 Å². The third-order valence-electron chi connectivity index (χ3n) is 2.39. The fourth-order valence-corrected chi connectivity index (χ4v) is 1.43. The highest BCUT2D eigenvalue weighted by atomic mass is 19.2. The van der Waals surface area contributed by atoms with Gasteiger partial charge in [-0.15, -0.1) is 0 Å². The van der Waals surface area contributed by atoms with Gasteiger partial charge >= 0.3 is 0 Å². The van der Waals surface area contributed by atoms with Gasteiger partial charge in [0.1, 0.15) is 0 Å². The van der Waals surface area contributed by atoms with Crippen molar-refractivity contribution in [2.45, 2.75) is 13.8 Å². The van der Waals surface area contributed by atoms with Gasteiger partial charge in [0.05, 0.1) is 0 Å². The molecule has 1 nitrogen and oxygen atoms in total. The van der Waals surface area contributed by atoms with Crippen molar-refractivity contribution in [3.63, 3.8) is 0 Å². The Balaban J connectivity index is 2.90. The number of benzene rings is 1. The highest BCUT2D eigenvalue weighted by Crippen LogP contribution is 2.17. The fourth-order valence-electron chi connectivity index (χ4n) is 1.43. The third-order valence-corrected chi connectivity index (χ3v) is 2.39. The normalized spacial score (nSPS) is 11.5. The third kappa shape index (κ3) is 4.02. The molecule has 0 aliphatic carbocycles. The number of nitrogens with zero attached hydrogens (tertiary/aromatic N) is 1. The summed E-state index contributed by atoms with van der Waals surface area (Å²) in [5.74, 6) is -1.63. The molecule has 0 radical (unpaired) electrons. The molecule has 1 aromatic carbocycles. The number of allylic oxidation sites excluding steroid dienone is 2. The van der Waals surface area contributed by atoms with Gasteiger partial charge in [0.2, 0.25) is 0 Å². The first-order valence-electron chi connectivity index (χ1n) is 5.61. The Morgan fingerprint density at radius 2 is 1.59 bits per heavy atom. The fraction of sp³-hybridized carbons (Fsp3) is 0.286. The van der Waals surface area contributed by atoms with Gasteiger partial charge in [-0.3, -0.25) is 0 Å². The minimum Gasteiger partial charge on any atom is -0.364 e. The van der Waals surface area contributed by atoms with Crippen LogP contribution in [-0.4, -0.2) is 13.1 Å². The molecule has 17 heavy (non-hydrogen) atoms. The summed E-state index contributed by atoms with van der Waals surface area (Å²) in [5.41, 5.74) is 0.681. The second-order valence-electron chi connectivity index (χ2n) is 3.64. The molecule has 1 rings (SSSR count). The molecule has 0 amide bonds. The molecule has 92 valence electrons. The molecule has 0 saturated carbocycles. The molecule has 0 bridgehead atoms. The minimum atomic E-state index is -0.814. The van der Waals surface area contributed by atoms with Crippen LogP contribution < -0.4 is 4.90 Å². The van der Waals surface area contributed by atoms with Gasteiger partial charge in [0, 0.05) is 24.8 Å². The molecule has 0 aliphatic rings. The average Bonchev–Trinajstić information content (AvgIpc) is 2.33. The molecule has 0 aliphatic heterocycles. The van der Waals surface area contributed by atoms with Crippen LogP contribution in [0.3, 0.4) is 0 Å². The zero-order chi connectivity index (χ0) is 12.7. The zero-order valence-electron chi connectivity index (χ0n) is 10.2. The van der Waals surface area contributed by atoms with Crippen LogP contribution in [-0.2, 0) is 0 Å². The number of hydrogen-bond acceptors (Lipinski definition) is 1. The minimum absolute atomic E-state index is 0.673. The quantitative estimate of drug-likeness (QED) is 0.701. The first kappa shape index (κ1) is 13.4. The first-order valence-corrected chi connectivity index (χ1v) is 5.61. The summed E-state index contributed by atoms with van der Waals surface area (Å²) in [5, 5.41) is 0. The summed E-state index contributed by atoms with van der Waals surface area (Å²) in [4.78, 5) is 1.96. The van der Waals surface area contributed by atoms with E-state index in [1.165, 1.54) is 6.07 Å². The summed E-state index contributed by atoms with van der Waals surface area (Å²) in [6.07, 6.45) is 7.82. The van der Waals surface area contributed by atoms with E-state index < -0.39 is 11.6 Å². The number of halogens is 2. The van der Waals surface area contributed by atoms with Gasteiger partial charge in [-0.05, 0) is 26.0 Å². The van der Waals surface area contributed by atoms with Crippen molar-refractivity contribution in [1.82, 2.24) is 0 Å². The van der Waals surface area contributed by atoms with E-state index in [9.17, 15) is 8.78 Å². The summed E-state index contributed by atoms with van der Waals surface area (Å²) in [6, 6.07) is 3.97. The lowest BCUT2D eigenvalue weighted by Gasteiger charge is -2.21. The number of anilines is 1. The predicted molar refractivity (Wildman–Crippen MR) is 68.2 cm³/mol. The number of rotatable bonds is 5. The van der Waals surface area contributed by atoms with Gasteiger partial charge in [-0.25, -0.2) is 8.78 Å². The molecule has 0 unspecified atom stereocenters. The maximum Gasteiger partial charge on any atom is 0.160 e. The van der Waals surface area contributed by atoms with Crippen LogP contribution in [0.5, 0.6) is 0 Å². The van der Waals surface area contributed by atoms with Crippen molar-refractivity contribution >= 4 is 5.69 Å². The van der Waals surface area contributed by atoms with Crippen molar-refractivity contribution in [2.75, 3.05) is 18.0 Å². The topological polar surface area (TPSA) is 3.24 Å². The molecule has 0 atom stereocenters. The van der Waals surface area contributed by atoms with Crippen molar-refractivity contribution < 1.29 is 8.78 Å². The summed E-state index contributed by atoms with van der Waals surface area (Å²) in [6.45, 7) is 5.20. The molecule has 0 spiro atoms. The molecular formula is C14H17F2N. The van der Waals surface area contributed by atoms with Crippen LogP contribution in [0, 0.1) is 11.6 Å². The molecule has 1 aromatic rings.